The van der Waals surface area contributed by atoms with Crippen molar-refractivity contribution < 1.29 is 9.32 Å². The smallest absolute Gasteiger partial charge is 0.223 e. The Labute approximate surface area is 151 Å². The standard InChI is InChI=1S/C18H24N4O2S/c1-13-15(14(2)24-20-13)10-22-12-18(9-17(22)23)3-6-21(7-4-18)11-16-19-5-8-25-16/h5,8H,3-4,6-7,9-12H2,1-2H3. The van der Waals surface area contributed by atoms with Crippen molar-refractivity contribution in [3.8, 4) is 0 Å². The van der Waals surface area contributed by atoms with Crippen LogP contribution >= 0.6 is 11.3 Å². The van der Waals surface area contributed by atoms with E-state index in [1.165, 1.54) is 5.01 Å². The molecule has 0 saturated carbocycles. The summed E-state index contributed by atoms with van der Waals surface area (Å²) in [5.41, 5.74) is 2.10. The second-order valence-electron chi connectivity index (χ2n) is 7.43. The lowest BCUT2D eigenvalue weighted by molar-refractivity contribution is -0.128. The number of amides is 1. The van der Waals surface area contributed by atoms with Crippen molar-refractivity contribution >= 4 is 17.2 Å². The van der Waals surface area contributed by atoms with Gasteiger partial charge in [0.1, 0.15) is 10.8 Å². The molecule has 2 aliphatic rings. The maximum Gasteiger partial charge on any atom is 0.223 e. The van der Waals surface area contributed by atoms with Crippen LogP contribution in [-0.2, 0) is 17.9 Å². The number of carbonyl (C=O) groups excluding carboxylic acids is 1. The predicted molar refractivity (Wildman–Crippen MR) is 95.1 cm³/mol. The van der Waals surface area contributed by atoms with E-state index in [0.29, 0.717) is 13.0 Å². The highest BCUT2D eigenvalue weighted by atomic mass is 32.1. The van der Waals surface area contributed by atoms with Gasteiger partial charge in [-0.3, -0.25) is 9.69 Å². The molecule has 4 heterocycles. The molecule has 0 atom stereocenters. The number of likely N-dealkylation sites (tertiary alicyclic amines) is 2. The number of hydrogen-bond donors (Lipinski definition) is 0. The quantitative estimate of drug-likeness (QED) is 0.839. The number of rotatable bonds is 4. The molecule has 2 fully saturated rings. The highest BCUT2D eigenvalue weighted by Crippen LogP contribution is 2.42. The number of carbonyl (C=O) groups is 1. The maximum absolute atomic E-state index is 12.6. The zero-order chi connectivity index (χ0) is 17.4. The monoisotopic (exact) mass is 360 g/mol. The van der Waals surface area contributed by atoms with Crippen LogP contribution in [0.25, 0.3) is 0 Å². The lowest BCUT2D eigenvalue weighted by Crippen LogP contribution is -2.41. The first-order valence-electron chi connectivity index (χ1n) is 8.85. The van der Waals surface area contributed by atoms with Crippen molar-refractivity contribution in [2.45, 2.75) is 46.2 Å². The van der Waals surface area contributed by atoms with Crippen LogP contribution in [0.5, 0.6) is 0 Å². The minimum Gasteiger partial charge on any atom is -0.361 e. The fourth-order valence-corrected chi connectivity index (χ4v) is 4.74. The van der Waals surface area contributed by atoms with Crippen LogP contribution in [-0.4, -0.2) is 45.5 Å². The molecule has 0 aliphatic carbocycles. The molecule has 2 aliphatic heterocycles. The molecule has 0 aromatic carbocycles. The fourth-order valence-electron chi connectivity index (χ4n) is 4.09. The van der Waals surface area contributed by atoms with Gasteiger partial charge in [0.2, 0.25) is 5.91 Å². The van der Waals surface area contributed by atoms with E-state index < -0.39 is 0 Å². The van der Waals surface area contributed by atoms with Gasteiger partial charge in [0.25, 0.3) is 0 Å². The van der Waals surface area contributed by atoms with Crippen LogP contribution in [0.4, 0.5) is 0 Å². The molecule has 0 bridgehead atoms. The van der Waals surface area contributed by atoms with Gasteiger partial charge in [-0.2, -0.15) is 0 Å². The summed E-state index contributed by atoms with van der Waals surface area (Å²) < 4.78 is 5.24. The highest BCUT2D eigenvalue weighted by molar-refractivity contribution is 7.09. The van der Waals surface area contributed by atoms with Gasteiger partial charge in [0.15, 0.2) is 0 Å². The van der Waals surface area contributed by atoms with Crippen LogP contribution in [0.2, 0.25) is 0 Å². The third-order valence-electron chi connectivity index (χ3n) is 5.69. The van der Waals surface area contributed by atoms with Crippen LogP contribution < -0.4 is 0 Å². The molecule has 134 valence electrons. The Kier molecular flexibility index (Phi) is 4.37. The third-order valence-corrected chi connectivity index (χ3v) is 6.46. The Morgan fingerprint density at radius 2 is 2.08 bits per heavy atom. The van der Waals surface area contributed by atoms with Crippen LogP contribution in [0, 0.1) is 19.3 Å². The van der Waals surface area contributed by atoms with Gasteiger partial charge in [-0.05, 0) is 45.2 Å². The van der Waals surface area contributed by atoms with E-state index in [4.69, 9.17) is 4.52 Å². The van der Waals surface area contributed by atoms with Crippen LogP contribution in [0.3, 0.4) is 0 Å². The molecule has 6 nitrogen and oxygen atoms in total. The molecule has 0 N–H and O–H groups in total. The molecule has 1 spiro atoms. The number of aromatic nitrogens is 2. The average molecular weight is 360 g/mol. The Bertz CT molecular complexity index is 728. The summed E-state index contributed by atoms with van der Waals surface area (Å²) in [4.78, 5) is 21.4. The minimum atomic E-state index is 0.148. The first-order chi connectivity index (χ1) is 12.0. The number of nitrogens with zero attached hydrogens (tertiary/aromatic N) is 4. The van der Waals surface area contributed by atoms with Crippen molar-refractivity contribution in [2.75, 3.05) is 19.6 Å². The van der Waals surface area contributed by atoms with E-state index in [0.717, 1.165) is 56.0 Å². The Morgan fingerprint density at radius 1 is 1.28 bits per heavy atom. The molecule has 2 aromatic heterocycles. The van der Waals surface area contributed by atoms with Crippen molar-refractivity contribution in [2.24, 2.45) is 5.41 Å². The van der Waals surface area contributed by atoms with Gasteiger partial charge in [-0.25, -0.2) is 4.98 Å². The number of hydrogen-bond acceptors (Lipinski definition) is 6. The van der Waals surface area contributed by atoms with E-state index in [1.54, 1.807) is 11.3 Å². The summed E-state index contributed by atoms with van der Waals surface area (Å²) in [5.74, 6) is 1.10. The first-order valence-corrected chi connectivity index (χ1v) is 9.73. The van der Waals surface area contributed by atoms with Crippen molar-refractivity contribution in [3.63, 3.8) is 0 Å². The van der Waals surface area contributed by atoms with Crippen LogP contribution in [0.15, 0.2) is 16.1 Å². The molecule has 4 rings (SSSR count). The van der Waals surface area contributed by atoms with E-state index in [-0.39, 0.29) is 11.3 Å². The highest BCUT2D eigenvalue weighted by Gasteiger charge is 2.45. The summed E-state index contributed by atoms with van der Waals surface area (Å²) in [6, 6.07) is 0. The van der Waals surface area contributed by atoms with Gasteiger partial charge in [-0.15, -0.1) is 11.3 Å². The topological polar surface area (TPSA) is 62.5 Å². The molecule has 1 amide bonds. The molecule has 7 heteroatoms. The number of thiazole rings is 1. The van der Waals surface area contributed by atoms with E-state index in [2.05, 4.69) is 15.0 Å². The van der Waals surface area contributed by atoms with Crippen molar-refractivity contribution in [3.05, 3.63) is 33.6 Å². The van der Waals surface area contributed by atoms with Gasteiger partial charge < -0.3 is 9.42 Å². The normalized spacial score (nSPS) is 20.7. The van der Waals surface area contributed by atoms with Gasteiger partial charge in [0, 0.05) is 30.1 Å². The summed E-state index contributed by atoms with van der Waals surface area (Å²) in [5, 5.41) is 7.22. The summed E-state index contributed by atoms with van der Waals surface area (Å²) in [7, 11) is 0. The number of piperidine rings is 1. The summed E-state index contributed by atoms with van der Waals surface area (Å²) >= 11 is 1.72. The van der Waals surface area contributed by atoms with Crippen molar-refractivity contribution in [1.29, 1.82) is 0 Å². The zero-order valence-corrected chi connectivity index (χ0v) is 15.6. The van der Waals surface area contributed by atoms with E-state index in [1.807, 2.05) is 30.3 Å². The first kappa shape index (κ1) is 16.7. The second-order valence-corrected chi connectivity index (χ2v) is 8.41. The van der Waals surface area contributed by atoms with Gasteiger partial charge in [-0.1, -0.05) is 5.16 Å². The average Bonchev–Trinajstić information content (AvgIpc) is 3.28. The Balaban J connectivity index is 1.37. The summed E-state index contributed by atoms with van der Waals surface area (Å²) in [6.07, 6.45) is 4.72. The molecular formula is C18H24N4O2S. The Hall–Kier alpha value is -1.73. The van der Waals surface area contributed by atoms with Gasteiger partial charge in [0.05, 0.1) is 18.8 Å². The molecule has 2 saturated heterocycles. The SMILES string of the molecule is Cc1noc(C)c1CN1CC2(CCN(Cc3nccs3)CC2)CC1=O. The zero-order valence-electron chi connectivity index (χ0n) is 14.8. The second kappa shape index (κ2) is 6.53. The summed E-state index contributed by atoms with van der Waals surface area (Å²) in [6.45, 7) is 8.39. The van der Waals surface area contributed by atoms with Crippen LogP contribution in [0.1, 0.15) is 41.3 Å². The van der Waals surface area contributed by atoms with E-state index in [9.17, 15) is 4.79 Å². The maximum atomic E-state index is 12.6. The molecule has 25 heavy (non-hydrogen) atoms. The largest absolute Gasteiger partial charge is 0.361 e. The minimum absolute atomic E-state index is 0.148. The molecule has 0 unspecified atom stereocenters. The Morgan fingerprint density at radius 3 is 2.72 bits per heavy atom. The predicted octanol–water partition coefficient (Wildman–Crippen LogP) is 2.76. The van der Waals surface area contributed by atoms with Crippen molar-refractivity contribution in [1.82, 2.24) is 19.9 Å². The number of aryl methyl sites for hydroxylation is 2. The lowest BCUT2D eigenvalue weighted by atomic mass is 9.77. The molecule has 0 radical (unpaired) electrons. The fraction of sp³-hybridized carbons (Fsp3) is 0.611. The van der Waals surface area contributed by atoms with Gasteiger partial charge >= 0.3 is 0 Å². The third kappa shape index (κ3) is 3.35. The molecular weight excluding hydrogens is 336 g/mol. The lowest BCUT2D eigenvalue weighted by Gasteiger charge is -2.38. The molecule has 2 aromatic rings. The van der Waals surface area contributed by atoms with E-state index >= 15 is 0 Å².